The normalized spacial score (nSPS) is 14.7. The molecule has 174 valence electrons. The van der Waals surface area contributed by atoms with Crippen molar-refractivity contribution in [2.45, 2.75) is 13.2 Å². The van der Waals surface area contributed by atoms with Gasteiger partial charge in [0, 0.05) is 10.6 Å². The molecule has 34 heavy (non-hydrogen) atoms. The molecule has 0 N–H and O–H groups in total. The molecular formula is C25H18ClF2NO4S. The third-order valence-corrected chi connectivity index (χ3v) is 6.31. The van der Waals surface area contributed by atoms with Crippen molar-refractivity contribution in [2.24, 2.45) is 0 Å². The zero-order valence-electron chi connectivity index (χ0n) is 17.9. The molecule has 0 unspecified atom stereocenters. The lowest BCUT2D eigenvalue weighted by atomic mass is 10.1. The van der Waals surface area contributed by atoms with Gasteiger partial charge in [-0.2, -0.15) is 0 Å². The van der Waals surface area contributed by atoms with Crippen molar-refractivity contribution in [3.8, 4) is 11.5 Å². The first-order valence-corrected chi connectivity index (χ1v) is 11.3. The molecule has 1 saturated heterocycles. The molecule has 0 bridgehead atoms. The zero-order chi connectivity index (χ0) is 24.2. The maximum Gasteiger partial charge on any atom is 0.293 e. The summed E-state index contributed by atoms with van der Waals surface area (Å²) < 4.78 is 38.4. The highest BCUT2D eigenvalue weighted by atomic mass is 35.5. The summed E-state index contributed by atoms with van der Waals surface area (Å²) in [5.41, 5.74) is 1.44. The minimum atomic E-state index is -0.589. The van der Waals surface area contributed by atoms with E-state index in [1.165, 1.54) is 37.4 Å². The van der Waals surface area contributed by atoms with Crippen LogP contribution in [0.3, 0.4) is 0 Å². The van der Waals surface area contributed by atoms with E-state index in [4.69, 9.17) is 21.1 Å². The van der Waals surface area contributed by atoms with Crippen molar-refractivity contribution in [1.29, 1.82) is 0 Å². The molecule has 3 aromatic carbocycles. The molecule has 0 spiro atoms. The number of nitrogens with zero attached hydrogens (tertiary/aromatic N) is 1. The molecule has 4 rings (SSSR count). The number of benzene rings is 3. The first-order chi connectivity index (χ1) is 16.4. The molecule has 1 aliphatic rings. The molecular weight excluding hydrogens is 484 g/mol. The van der Waals surface area contributed by atoms with Crippen molar-refractivity contribution >= 4 is 40.6 Å². The quantitative estimate of drug-likeness (QED) is 0.349. The van der Waals surface area contributed by atoms with Crippen LogP contribution < -0.4 is 9.47 Å². The van der Waals surface area contributed by atoms with E-state index in [0.717, 1.165) is 22.2 Å². The van der Waals surface area contributed by atoms with Gasteiger partial charge in [-0.3, -0.25) is 14.5 Å². The SMILES string of the molecule is COc1ccc(/C=C2\SC(=O)N(Cc3c(F)cccc3Cl)C2=O)cc1OCc1ccc(F)cc1. The standard InChI is InChI=1S/C25H18ClF2NO4S/c1-32-21-10-7-16(11-22(21)33-14-15-5-8-17(27)9-6-15)12-23-24(30)29(25(31)34-23)13-18-19(26)3-2-4-20(18)28/h2-12H,13-14H2,1H3/b23-12-. The average molecular weight is 502 g/mol. The number of hydrogen-bond donors (Lipinski definition) is 0. The highest BCUT2D eigenvalue weighted by Gasteiger charge is 2.36. The number of carbonyl (C=O) groups is 2. The molecule has 1 fully saturated rings. The molecule has 5 nitrogen and oxygen atoms in total. The van der Waals surface area contributed by atoms with Gasteiger partial charge in [0.2, 0.25) is 0 Å². The fourth-order valence-corrected chi connectivity index (χ4v) is 4.33. The van der Waals surface area contributed by atoms with Crippen molar-refractivity contribution in [3.63, 3.8) is 0 Å². The van der Waals surface area contributed by atoms with E-state index < -0.39 is 17.0 Å². The predicted molar refractivity (Wildman–Crippen MR) is 127 cm³/mol. The van der Waals surface area contributed by atoms with Crippen LogP contribution in [0.15, 0.2) is 65.6 Å². The predicted octanol–water partition coefficient (Wildman–Crippen LogP) is 6.44. The minimum absolute atomic E-state index is 0.0774. The van der Waals surface area contributed by atoms with E-state index in [0.29, 0.717) is 17.1 Å². The smallest absolute Gasteiger partial charge is 0.293 e. The Bertz CT molecular complexity index is 1260. The van der Waals surface area contributed by atoms with Gasteiger partial charge in [-0.05, 0) is 65.4 Å². The van der Waals surface area contributed by atoms with Gasteiger partial charge in [-0.1, -0.05) is 35.9 Å². The summed E-state index contributed by atoms with van der Waals surface area (Å²) in [6, 6.07) is 15.2. The summed E-state index contributed by atoms with van der Waals surface area (Å²) in [6.45, 7) is -0.0812. The van der Waals surface area contributed by atoms with Crippen molar-refractivity contribution < 1.29 is 27.8 Å². The van der Waals surface area contributed by atoms with Crippen molar-refractivity contribution in [2.75, 3.05) is 7.11 Å². The number of imide groups is 1. The molecule has 2 amide bonds. The Morgan fingerprint density at radius 2 is 1.79 bits per heavy atom. The number of halogens is 3. The Balaban J connectivity index is 1.54. The van der Waals surface area contributed by atoms with Gasteiger partial charge >= 0.3 is 0 Å². The van der Waals surface area contributed by atoms with Gasteiger partial charge in [0.15, 0.2) is 11.5 Å². The van der Waals surface area contributed by atoms with Crippen LogP contribution in [0.4, 0.5) is 13.6 Å². The second-order valence-corrected chi connectivity index (χ2v) is 8.69. The van der Waals surface area contributed by atoms with Gasteiger partial charge < -0.3 is 9.47 Å². The number of ether oxygens (including phenoxy) is 2. The highest BCUT2D eigenvalue weighted by molar-refractivity contribution is 8.18. The first kappa shape index (κ1) is 23.8. The Morgan fingerprint density at radius 3 is 2.50 bits per heavy atom. The Kier molecular flexibility index (Phi) is 7.19. The molecule has 1 aliphatic heterocycles. The first-order valence-electron chi connectivity index (χ1n) is 10.1. The molecule has 3 aromatic rings. The van der Waals surface area contributed by atoms with Crippen LogP contribution in [0, 0.1) is 11.6 Å². The Labute approximate surface area is 203 Å². The third-order valence-electron chi connectivity index (χ3n) is 5.04. The summed E-state index contributed by atoms with van der Waals surface area (Å²) in [5.74, 6) is -0.582. The number of rotatable bonds is 7. The number of methoxy groups -OCH3 is 1. The number of carbonyl (C=O) groups excluding carboxylic acids is 2. The van der Waals surface area contributed by atoms with Crippen LogP contribution in [0.2, 0.25) is 5.02 Å². The molecule has 1 heterocycles. The van der Waals surface area contributed by atoms with Crippen LogP contribution in [-0.2, 0) is 17.9 Å². The van der Waals surface area contributed by atoms with Gasteiger partial charge in [0.05, 0.1) is 18.6 Å². The van der Waals surface area contributed by atoms with E-state index in [1.807, 2.05) is 0 Å². The highest BCUT2D eigenvalue weighted by Crippen LogP contribution is 2.36. The lowest BCUT2D eigenvalue weighted by Crippen LogP contribution is -2.28. The molecule has 0 saturated carbocycles. The van der Waals surface area contributed by atoms with Gasteiger partial charge in [0.1, 0.15) is 18.2 Å². The number of thioether (sulfide) groups is 1. The van der Waals surface area contributed by atoms with E-state index in [9.17, 15) is 18.4 Å². The third kappa shape index (κ3) is 5.24. The van der Waals surface area contributed by atoms with E-state index >= 15 is 0 Å². The molecule has 0 aliphatic carbocycles. The largest absolute Gasteiger partial charge is 0.493 e. The molecule has 9 heteroatoms. The fourth-order valence-electron chi connectivity index (χ4n) is 3.27. The fraction of sp³-hybridized carbons (Fsp3) is 0.120. The molecule has 0 atom stereocenters. The average Bonchev–Trinajstić information content (AvgIpc) is 3.08. The lowest BCUT2D eigenvalue weighted by Gasteiger charge is -2.14. The molecule has 0 aromatic heterocycles. The van der Waals surface area contributed by atoms with Crippen molar-refractivity contribution in [1.82, 2.24) is 4.90 Å². The van der Waals surface area contributed by atoms with Crippen molar-refractivity contribution in [3.05, 3.63) is 98.9 Å². The second-order valence-electron chi connectivity index (χ2n) is 7.29. The minimum Gasteiger partial charge on any atom is -0.493 e. The summed E-state index contributed by atoms with van der Waals surface area (Å²) in [6.07, 6.45) is 1.55. The number of hydrogen-bond acceptors (Lipinski definition) is 5. The van der Waals surface area contributed by atoms with Gasteiger partial charge in [-0.15, -0.1) is 0 Å². The summed E-state index contributed by atoms with van der Waals surface area (Å²) in [4.78, 5) is 26.5. The van der Waals surface area contributed by atoms with E-state index in [1.54, 1.807) is 36.4 Å². The van der Waals surface area contributed by atoms with Crippen LogP contribution in [0.1, 0.15) is 16.7 Å². The summed E-state index contributed by atoms with van der Waals surface area (Å²) in [7, 11) is 1.50. The van der Waals surface area contributed by atoms with Crippen LogP contribution in [0.25, 0.3) is 6.08 Å². The van der Waals surface area contributed by atoms with Crippen LogP contribution in [-0.4, -0.2) is 23.2 Å². The monoisotopic (exact) mass is 501 g/mol. The topological polar surface area (TPSA) is 55.8 Å². The van der Waals surface area contributed by atoms with Crippen LogP contribution in [0.5, 0.6) is 11.5 Å². The lowest BCUT2D eigenvalue weighted by molar-refractivity contribution is -0.123. The maximum atomic E-state index is 14.1. The zero-order valence-corrected chi connectivity index (χ0v) is 19.5. The Morgan fingerprint density at radius 1 is 1.03 bits per heavy atom. The summed E-state index contributed by atoms with van der Waals surface area (Å²) >= 11 is 6.80. The Hall–Kier alpha value is -3.36. The summed E-state index contributed by atoms with van der Waals surface area (Å²) in [5, 5.41) is -0.377. The maximum absolute atomic E-state index is 14.1. The van der Waals surface area contributed by atoms with E-state index in [-0.39, 0.29) is 34.5 Å². The number of amides is 2. The van der Waals surface area contributed by atoms with Crippen LogP contribution >= 0.6 is 23.4 Å². The second kappa shape index (κ2) is 10.3. The van der Waals surface area contributed by atoms with Gasteiger partial charge in [-0.25, -0.2) is 8.78 Å². The van der Waals surface area contributed by atoms with E-state index in [2.05, 4.69) is 0 Å². The molecule has 0 radical (unpaired) electrons. The van der Waals surface area contributed by atoms with Gasteiger partial charge in [0.25, 0.3) is 11.1 Å².